The summed E-state index contributed by atoms with van der Waals surface area (Å²) in [5.41, 5.74) is 0.829. The fraction of sp³-hybridized carbons (Fsp3) is 0.174. The van der Waals surface area contributed by atoms with Gasteiger partial charge in [-0.2, -0.15) is 0 Å². The van der Waals surface area contributed by atoms with Crippen LogP contribution in [-0.4, -0.2) is 20.4 Å². The molecule has 0 saturated heterocycles. The van der Waals surface area contributed by atoms with Gasteiger partial charge in [-0.15, -0.1) is 0 Å². The van der Waals surface area contributed by atoms with E-state index in [4.69, 9.17) is 4.42 Å². The Hall–Kier alpha value is -3.71. The van der Waals surface area contributed by atoms with Gasteiger partial charge in [-0.05, 0) is 42.0 Å². The zero-order valence-corrected chi connectivity index (χ0v) is 16.4. The van der Waals surface area contributed by atoms with Crippen molar-refractivity contribution in [2.75, 3.05) is 0 Å². The van der Waals surface area contributed by atoms with E-state index in [1.807, 2.05) is 12.1 Å². The maximum absolute atomic E-state index is 13.1. The highest BCUT2D eigenvalue weighted by atomic mass is 16.3. The van der Waals surface area contributed by atoms with Crippen molar-refractivity contribution in [3.8, 4) is 5.75 Å². The average molecular weight is 403 g/mol. The molecule has 0 fully saturated rings. The summed E-state index contributed by atoms with van der Waals surface area (Å²) in [6.07, 6.45) is 4.88. The number of benzene rings is 1. The SMILES string of the molecule is Cn1c(=O)c(C(=O)CC(NCc2ccncc2)c2ccco2)c(O)c2ccccc21. The van der Waals surface area contributed by atoms with Gasteiger partial charge in [0.2, 0.25) is 0 Å². The van der Waals surface area contributed by atoms with E-state index < -0.39 is 17.4 Å². The maximum atomic E-state index is 13.1. The van der Waals surface area contributed by atoms with Crippen molar-refractivity contribution in [3.05, 3.63) is 94.4 Å². The number of para-hydroxylation sites is 1. The molecule has 30 heavy (non-hydrogen) atoms. The Morgan fingerprint density at radius 3 is 2.67 bits per heavy atom. The smallest absolute Gasteiger partial charge is 0.265 e. The topological polar surface area (TPSA) is 97.4 Å². The summed E-state index contributed by atoms with van der Waals surface area (Å²) in [7, 11) is 1.59. The van der Waals surface area contributed by atoms with E-state index in [0.717, 1.165) is 5.56 Å². The molecule has 1 atom stereocenters. The zero-order valence-electron chi connectivity index (χ0n) is 16.4. The highest BCUT2D eigenvalue weighted by molar-refractivity contribution is 6.03. The first-order valence-electron chi connectivity index (χ1n) is 9.56. The largest absolute Gasteiger partial charge is 0.506 e. The summed E-state index contributed by atoms with van der Waals surface area (Å²) < 4.78 is 6.89. The van der Waals surface area contributed by atoms with Crippen molar-refractivity contribution in [1.82, 2.24) is 14.9 Å². The normalized spacial score (nSPS) is 12.2. The highest BCUT2D eigenvalue weighted by Crippen LogP contribution is 2.28. The lowest BCUT2D eigenvalue weighted by Crippen LogP contribution is -2.28. The van der Waals surface area contributed by atoms with Crippen molar-refractivity contribution >= 4 is 16.7 Å². The molecule has 4 aromatic rings. The number of furan rings is 1. The number of carbonyl (C=O) groups is 1. The number of hydrogen-bond acceptors (Lipinski definition) is 6. The Morgan fingerprint density at radius 2 is 1.93 bits per heavy atom. The molecule has 1 unspecified atom stereocenters. The summed E-state index contributed by atoms with van der Waals surface area (Å²) >= 11 is 0. The Balaban J connectivity index is 1.65. The van der Waals surface area contributed by atoms with Crippen LogP contribution >= 0.6 is 0 Å². The van der Waals surface area contributed by atoms with Crippen LogP contribution < -0.4 is 10.9 Å². The molecule has 0 aliphatic carbocycles. The number of nitrogens with one attached hydrogen (secondary N) is 1. The van der Waals surface area contributed by atoms with Crippen LogP contribution in [0.4, 0.5) is 0 Å². The Kier molecular flexibility index (Phi) is 5.45. The monoisotopic (exact) mass is 403 g/mol. The molecule has 0 aliphatic rings. The number of rotatable bonds is 7. The number of fused-ring (bicyclic) bond motifs is 1. The van der Waals surface area contributed by atoms with Crippen LogP contribution in [0.15, 0.2) is 76.4 Å². The minimum Gasteiger partial charge on any atom is -0.506 e. The average Bonchev–Trinajstić information content (AvgIpc) is 3.31. The van der Waals surface area contributed by atoms with Gasteiger partial charge < -0.3 is 19.4 Å². The predicted octanol–water partition coefficient (Wildman–Crippen LogP) is 3.34. The second kappa shape index (κ2) is 8.34. The molecule has 0 aliphatic heterocycles. The quantitative estimate of drug-likeness (QED) is 0.460. The summed E-state index contributed by atoms with van der Waals surface area (Å²) in [6, 6.07) is 13.7. The van der Waals surface area contributed by atoms with Gasteiger partial charge in [0.25, 0.3) is 5.56 Å². The highest BCUT2D eigenvalue weighted by Gasteiger charge is 2.25. The molecule has 1 aromatic carbocycles. The van der Waals surface area contributed by atoms with Crippen LogP contribution in [0, 0.1) is 0 Å². The lowest BCUT2D eigenvalue weighted by atomic mass is 10.00. The Bertz CT molecular complexity index is 1230. The summed E-state index contributed by atoms with van der Waals surface area (Å²) in [4.78, 5) is 30.0. The fourth-order valence-corrected chi connectivity index (χ4v) is 3.52. The van der Waals surface area contributed by atoms with Crippen LogP contribution in [0.1, 0.15) is 34.1 Å². The lowest BCUT2D eigenvalue weighted by molar-refractivity contribution is 0.0959. The molecule has 2 N–H and O–H groups in total. The molecule has 3 aromatic heterocycles. The number of hydrogen-bond donors (Lipinski definition) is 2. The first-order chi connectivity index (χ1) is 14.6. The molecule has 0 bridgehead atoms. The number of carbonyl (C=O) groups excluding carboxylic acids is 1. The molecule has 152 valence electrons. The molecule has 7 nitrogen and oxygen atoms in total. The van der Waals surface area contributed by atoms with Gasteiger partial charge >= 0.3 is 0 Å². The standard InChI is InChI=1S/C23H21N3O4/c1-26-18-6-3-2-5-16(18)22(28)21(23(26)29)19(27)13-17(20-7-4-12-30-20)25-14-15-8-10-24-11-9-15/h2-12,17,25,28H,13-14H2,1H3. The van der Waals surface area contributed by atoms with E-state index in [1.165, 1.54) is 10.8 Å². The fourth-order valence-electron chi connectivity index (χ4n) is 3.52. The van der Waals surface area contributed by atoms with Crippen molar-refractivity contribution in [2.45, 2.75) is 19.0 Å². The van der Waals surface area contributed by atoms with Crippen molar-refractivity contribution in [3.63, 3.8) is 0 Å². The van der Waals surface area contributed by atoms with Gasteiger partial charge in [-0.25, -0.2) is 0 Å². The second-order valence-corrected chi connectivity index (χ2v) is 7.04. The number of nitrogens with zero attached hydrogens (tertiary/aromatic N) is 2. The maximum Gasteiger partial charge on any atom is 0.265 e. The molecular formula is C23H21N3O4. The van der Waals surface area contributed by atoms with Crippen LogP contribution in [0.5, 0.6) is 5.75 Å². The molecule has 0 radical (unpaired) electrons. The molecule has 0 amide bonds. The first kappa shape index (κ1) is 19.6. The van der Waals surface area contributed by atoms with Gasteiger partial charge in [-0.3, -0.25) is 14.6 Å². The molecule has 4 rings (SSSR count). The third-order valence-corrected chi connectivity index (χ3v) is 5.13. The molecule has 0 saturated carbocycles. The minimum atomic E-state index is -0.525. The van der Waals surface area contributed by atoms with Gasteiger partial charge in [0, 0.05) is 37.8 Å². The van der Waals surface area contributed by atoms with Crippen LogP contribution in [-0.2, 0) is 13.6 Å². The third-order valence-electron chi connectivity index (χ3n) is 5.13. The summed E-state index contributed by atoms with van der Waals surface area (Å²) in [5, 5.41) is 14.4. The Morgan fingerprint density at radius 1 is 1.17 bits per heavy atom. The number of aryl methyl sites for hydroxylation is 1. The van der Waals surface area contributed by atoms with E-state index in [9.17, 15) is 14.7 Å². The van der Waals surface area contributed by atoms with E-state index in [0.29, 0.717) is 23.2 Å². The number of pyridine rings is 2. The van der Waals surface area contributed by atoms with Gasteiger partial charge in [0.1, 0.15) is 17.1 Å². The van der Waals surface area contributed by atoms with Crippen LogP contribution in [0.2, 0.25) is 0 Å². The van der Waals surface area contributed by atoms with E-state index in [2.05, 4.69) is 10.3 Å². The summed E-state index contributed by atoms with van der Waals surface area (Å²) in [5.74, 6) is -0.164. The first-order valence-corrected chi connectivity index (χ1v) is 9.56. The molecular weight excluding hydrogens is 382 g/mol. The van der Waals surface area contributed by atoms with E-state index in [-0.39, 0.29) is 17.7 Å². The lowest BCUT2D eigenvalue weighted by Gasteiger charge is -2.17. The number of Topliss-reactive ketones (excluding diaryl/α,β-unsaturated/α-hetero) is 1. The number of aromatic nitrogens is 2. The van der Waals surface area contributed by atoms with Gasteiger partial charge in [-0.1, -0.05) is 12.1 Å². The van der Waals surface area contributed by atoms with Gasteiger partial charge in [0.15, 0.2) is 5.78 Å². The van der Waals surface area contributed by atoms with E-state index in [1.54, 1.807) is 55.8 Å². The minimum absolute atomic E-state index is 0.0419. The zero-order chi connectivity index (χ0) is 21.1. The van der Waals surface area contributed by atoms with Gasteiger partial charge in [0.05, 0.1) is 17.8 Å². The predicted molar refractivity (Wildman–Crippen MR) is 112 cm³/mol. The van der Waals surface area contributed by atoms with Crippen molar-refractivity contribution in [2.24, 2.45) is 7.05 Å². The van der Waals surface area contributed by atoms with Crippen LogP contribution in [0.25, 0.3) is 10.9 Å². The van der Waals surface area contributed by atoms with Crippen molar-refractivity contribution < 1.29 is 14.3 Å². The Labute approximate surface area is 172 Å². The number of ketones is 1. The van der Waals surface area contributed by atoms with E-state index >= 15 is 0 Å². The summed E-state index contributed by atoms with van der Waals surface area (Å²) in [6.45, 7) is 0.489. The molecule has 0 spiro atoms. The third kappa shape index (κ3) is 3.75. The molecule has 3 heterocycles. The van der Waals surface area contributed by atoms with Crippen LogP contribution in [0.3, 0.4) is 0 Å². The number of aromatic hydroxyl groups is 1. The molecule has 7 heteroatoms. The second-order valence-electron chi connectivity index (χ2n) is 7.04. The van der Waals surface area contributed by atoms with Crippen molar-refractivity contribution in [1.29, 1.82) is 0 Å².